The standard InChI is InChI=1S/C11H16N6S2/c1-6-7(2)13-14-9(8(6)5-12)18-11-16-15-10(19-11)17(3)4/h5,12H2,1-4H3. The third kappa shape index (κ3) is 3.02. The molecule has 0 spiro atoms. The van der Waals surface area contributed by atoms with Crippen molar-refractivity contribution in [3.8, 4) is 0 Å². The summed E-state index contributed by atoms with van der Waals surface area (Å²) in [5.41, 5.74) is 8.84. The first kappa shape index (κ1) is 14.2. The van der Waals surface area contributed by atoms with Crippen LogP contribution >= 0.6 is 23.1 Å². The topological polar surface area (TPSA) is 80.8 Å². The van der Waals surface area contributed by atoms with E-state index < -0.39 is 0 Å². The highest BCUT2D eigenvalue weighted by Crippen LogP contribution is 2.34. The van der Waals surface area contributed by atoms with E-state index >= 15 is 0 Å². The van der Waals surface area contributed by atoms with Crippen molar-refractivity contribution in [1.82, 2.24) is 20.4 Å². The lowest BCUT2D eigenvalue weighted by atomic mass is 10.1. The highest BCUT2D eigenvalue weighted by Gasteiger charge is 2.14. The third-order valence-corrected chi connectivity index (χ3v) is 4.87. The van der Waals surface area contributed by atoms with Gasteiger partial charge in [-0.05, 0) is 31.2 Å². The van der Waals surface area contributed by atoms with Crippen molar-refractivity contribution < 1.29 is 0 Å². The number of aryl methyl sites for hydroxylation is 1. The summed E-state index contributed by atoms with van der Waals surface area (Å²) in [6.07, 6.45) is 0. The Morgan fingerprint density at radius 1 is 1.16 bits per heavy atom. The van der Waals surface area contributed by atoms with E-state index in [1.165, 1.54) is 23.1 Å². The number of nitrogens with two attached hydrogens (primary N) is 1. The van der Waals surface area contributed by atoms with Crippen LogP contribution in [0.4, 0.5) is 5.13 Å². The van der Waals surface area contributed by atoms with Gasteiger partial charge in [0.15, 0.2) is 4.34 Å². The molecule has 0 unspecified atom stereocenters. The van der Waals surface area contributed by atoms with Crippen molar-refractivity contribution in [3.05, 3.63) is 16.8 Å². The Morgan fingerprint density at radius 3 is 2.47 bits per heavy atom. The second kappa shape index (κ2) is 5.81. The lowest BCUT2D eigenvalue weighted by Gasteiger charge is -2.09. The van der Waals surface area contributed by atoms with Crippen LogP contribution in [-0.4, -0.2) is 34.5 Å². The molecule has 6 nitrogen and oxygen atoms in total. The molecule has 0 saturated heterocycles. The smallest absolute Gasteiger partial charge is 0.208 e. The molecular formula is C11H16N6S2. The average Bonchev–Trinajstić information content (AvgIpc) is 2.83. The number of hydrogen-bond acceptors (Lipinski definition) is 8. The van der Waals surface area contributed by atoms with Crippen LogP contribution in [0.25, 0.3) is 0 Å². The van der Waals surface area contributed by atoms with Gasteiger partial charge in [-0.1, -0.05) is 11.3 Å². The Bertz CT molecular complexity index is 581. The summed E-state index contributed by atoms with van der Waals surface area (Å²) in [6, 6.07) is 0. The highest BCUT2D eigenvalue weighted by molar-refractivity contribution is 8.01. The molecular weight excluding hydrogens is 280 g/mol. The Kier molecular flexibility index (Phi) is 4.33. The molecule has 19 heavy (non-hydrogen) atoms. The SMILES string of the molecule is Cc1nnc(Sc2nnc(N(C)C)s2)c(CN)c1C. The Balaban J connectivity index is 2.30. The minimum Gasteiger partial charge on any atom is -0.353 e. The zero-order valence-electron chi connectivity index (χ0n) is 11.3. The molecule has 0 aliphatic rings. The van der Waals surface area contributed by atoms with E-state index in [4.69, 9.17) is 5.73 Å². The number of hydrogen-bond donors (Lipinski definition) is 1. The van der Waals surface area contributed by atoms with Crippen molar-refractivity contribution in [2.45, 2.75) is 29.8 Å². The second-order valence-electron chi connectivity index (χ2n) is 4.25. The molecule has 102 valence electrons. The number of nitrogens with zero attached hydrogens (tertiary/aromatic N) is 5. The van der Waals surface area contributed by atoms with Crippen molar-refractivity contribution in [2.24, 2.45) is 5.73 Å². The van der Waals surface area contributed by atoms with Gasteiger partial charge >= 0.3 is 0 Å². The quantitative estimate of drug-likeness (QED) is 0.918. The van der Waals surface area contributed by atoms with E-state index in [1.54, 1.807) is 0 Å². The van der Waals surface area contributed by atoms with Crippen LogP contribution in [0.1, 0.15) is 16.8 Å². The zero-order chi connectivity index (χ0) is 14.0. The number of anilines is 1. The second-order valence-corrected chi connectivity index (χ2v) is 6.44. The largest absolute Gasteiger partial charge is 0.353 e. The zero-order valence-corrected chi connectivity index (χ0v) is 13.0. The molecule has 2 heterocycles. The average molecular weight is 296 g/mol. The van der Waals surface area contributed by atoms with E-state index in [-0.39, 0.29) is 0 Å². The molecule has 2 rings (SSSR count). The first-order valence-corrected chi connectivity index (χ1v) is 7.37. The molecule has 0 saturated carbocycles. The molecule has 0 aliphatic carbocycles. The van der Waals surface area contributed by atoms with Crippen LogP contribution < -0.4 is 10.6 Å². The highest BCUT2D eigenvalue weighted by atomic mass is 32.2. The van der Waals surface area contributed by atoms with Gasteiger partial charge in [-0.3, -0.25) is 0 Å². The van der Waals surface area contributed by atoms with Gasteiger partial charge in [0.25, 0.3) is 0 Å². The first-order valence-electron chi connectivity index (χ1n) is 5.74. The number of rotatable bonds is 4. The minimum atomic E-state index is 0.448. The van der Waals surface area contributed by atoms with Gasteiger partial charge in [0, 0.05) is 26.2 Å². The summed E-state index contributed by atoms with van der Waals surface area (Å²) in [4.78, 5) is 1.93. The van der Waals surface area contributed by atoms with Gasteiger partial charge in [0.1, 0.15) is 5.03 Å². The summed E-state index contributed by atoms with van der Waals surface area (Å²) >= 11 is 2.99. The van der Waals surface area contributed by atoms with Crippen LogP contribution in [0.15, 0.2) is 9.37 Å². The van der Waals surface area contributed by atoms with Crippen LogP contribution in [0, 0.1) is 13.8 Å². The number of aromatic nitrogens is 4. The van der Waals surface area contributed by atoms with Crippen LogP contribution in [0.3, 0.4) is 0 Å². The predicted octanol–water partition coefficient (Wildman–Crippen LogP) is 1.62. The van der Waals surface area contributed by atoms with Gasteiger partial charge in [0.2, 0.25) is 5.13 Å². The molecule has 0 aromatic carbocycles. The van der Waals surface area contributed by atoms with Gasteiger partial charge in [-0.15, -0.1) is 15.3 Å². The molecule has 0 fully saturated rings. The lowest BCUT2D eigenvalue weighted by molar-refractivity contribution is 0.823. The fourth-order valence-corrected chi connectivity index (χ4v) is 3.28. The van der Waals surface area contributed by atoms with Crippen LogP contribution in [0.5, 0.6) is 0 Å². The Labute approximate surface area is 120 Å². The van der Waals surface area contributed by atoms with Crippen molar-refractivity contribution in [2.75, 3.05) is 19.0 Å². The first-order chi connectivity index (χ1) is 9.02. The van der Waals surface area contributed by atoms with Crippen molar-refractivity contribution in [1.29, 1.82) is 0 Å². The molecule has 0 radical (unpaired) electrons. The molecule has 2 aromatic rings. The Hall–Kier alpha value is -1.25. The summed E-state index contributed by atoms with van der Waals surface area (Å²) in [5.74, 6) is 0. The Morgan fingerprint density at radius 2 is 1.89 bits per heavy atom. The summed E-state index contributed by atoms with van der Waals surface area (Å²) in [7, 11) is 3.88. The summed E-state index contributed by atoms with van der Waals surface area (Å²) in [5, 5.41) is 18.3. The van der Waals surface area contributed by atoms with E-state index in [1.807, 2.05) is 32.8 Å². The monoisotopic (exact) mass is 296 g/mol. The van der Waals surface area contributed by atoms with Gasteiger partial charge in [-0.2, -0.15) is 5.10 Å². The molecule has 0 bridgehead atoms. The van der Waals surface area contributed by atoms with E-state index in [0.717, 1.165) is 31.3 Å². The molecule has 2 aromatic heterocycles. The minimum absolute atomic E-state index is 0.448. The van der Waals surface area contributed by atoms with Gasteiger partial charge < -0.3 is 10.6 Å². The summed E-state index contributed by atoms with van der Waals surface area (Å²) in [6.45, 7) is 4.40. The van der Waals surface area contributed by atoms with Crippen molar-refractivity contribution >= 4 is 28.2 Å². The van der Waals surface area contributed by atoms with Crippen LogP contribution in [0.2, 0.25) is 0 Å². The van der Waals surface area contributed by atoms with Crippen molar-refractivity contribution in [3.63, 3.8) is 0 Å². The summed E-state index contributed by atoms with van der Waals surface area (Å²) < 4.78 is 0.843. The fourth-order valence-electron chi connectivity index (χ4n) is 1.46. The normalized spacial score (nSPS) is 10.8. The van der Waals surface area contributed by atoms with E-state index in [9.17, 15) is 0 Å². The van der Waals surface area contributed by atoms with Gasteiger partial charge in [-0.25, -0.2) is 0 Å². The van der Waals surface area contributed by atoms with E-state index in [0.29, 0.717) is 6.54 Å². The maximum atomic E-state index is 5.81. The molecule has 0 aliphatic heterocycles. The molecule has 2 N–H and O–H groups in total. The maximum Gasteiger partial charge on any atom is 0.208 e. The predicted molar refractivity (Wildman–Crippen MR) is 77.8 cm³/mol. The van der Waals surface area contributed by atoms with Crippen LogP contribution in [-0.2, 0) is 6.54 Å². The lowest BCUT2D eigenvalue weighted by Crippen LogP contribution is -2.07. The molecule has 0 atom stereocenters. The molecule has 0 amide bonds. The third-order valence-electron chi connectivity index (χ3n) is 2.71. The maximum absolute atomic E-state index is 5.81. The van der Waals surface area contributed by atoms with E-state index in [2.05, 4.69) is 20.4 Å². The van der Waals surface area contributed by atoms with Gasteiger partial charge in [0.05, 0.1) is 5.69 Å². The fraction of sp³-hybridized carbons (Fsp3) is 0.455. The molecule has 8 heteroatoms.